The fourth-order valence-corrected chi connectivity index (χ4v) is 3.45. The van der Waals surface area contributed by atoms with E-state index in [9.17, 15) is 8.42 Å². The van der Waals surface area contributed by atoms with Gasteiger partial charge in [-0.1, -0.05) is 46.3 Å². The van der Waals surface area contributed by atoms with E-state index in [4.69, 9.17) is 0 Å². The molecule has 0 aliphatic heterocycles. The van der Waals surface area contributed by atoms with E-state index >= 15 is 0 Å². The van der Waals surface area contributed by atoms with Gasteiger partial charge in [0.15, 0.2) is 5.03 Å². The van der Waals surface area contributed by atoms with Gasteiger partial charge in [0, 0.05) is 11.4 Å². The predicted molar refractivity (Wildman–Crippen MR) is 76.6 cm³/mol. The molecule has 2 rings (SSSR count). The van der Waals surface area contributed by atoms with Gasteiger partial charge in [0.2, 0.25) is 0 Å². The highest BCUT2D eigenvalue weighted by molar-refractivity contribution is 9.09. The van der Waals surface area contributed by atoms with E-state index in [0.29, 0.717) is 11.8 Å². The van der Waals surface area contributed by atoms with Crippen molar-refractivity contribution < 1.29 is 8.42 Å². The third-order valence-corrected chi connectivity index (χ3v) is 4.83. The van der Waals surface area contributed by atoms with Crippen LogP contribution in [0.5, 0.6) is 0 Å². The van der Waals surface area contributed by atoms with Crippen LogP contribution in [0.1, 0.15) is 5.56 Å². The standard InChI is InChI=1S/C12H14BrN3O2S/c13-9-11(8-10-4-2-1-3-5-10)16-19(17,18)12-6-7-14-15-12/h1-7,11,16H,8-9H2,(H,14,15). The Morgan fingerprint density at radius 3 is 2.58 bits per heavy atom. The molecular formula is C12H14BrN3O2S. The molecule has 0 radical (unpaired) electrons. The number of benzene rings is 1. The lowest BCUT2D eigenvalue weighted by Gasteiger charge is -2.15. The molecule has 2 aromatic rings. The minimum atomic E-state index is -3.55. The van der Waals surface area contributed by atoms with Crippen molar-refractivity contribution in [3.63, 3.8) is 0 Å². The summed E-state index contributed by atoms with van der Waals surface area (Å²) in [6, 6.07) is 11.0. The van der Waals surface area contributed by atoms with Crippen molar-refractivity contribution in [1.29, 1.82) is 0 Å². The van der Waals surface area contributed by atoms with Gasteiger partial charge in [-0.15, -0.1) is 0 Å². The number of aromatic nitrogens is 2. The largest absolute Gasteiger partial charge is 0.266 e. The molecule has 2 N–H and O–H groups in total. The molecule has 1 aromatic heterocycles. The van der Waals surface area contributed by atoms with Gasteiger partial charge in [-0.25, -0.2) is 13.1 Å². The molecule has 0 saturated carbocycles. The average molecular weight is 344 g/mol. The number of halogens is 1. The Balaban J connectivity index is 2.08. The number of aromatic amines is 1. The summed E-state index contributed by atoms with van der Waals surface area (Å²) >= 11 is 3.34. The normalized spacial score (nSPS) is 13.3. The number of nitrogens with zero attached hydrogens (tertiary/aromatic N) is 1. The van der Waals surface area contributed by atoms with Gasteiger partial charge in [0.05, 0.1) is 6.20 Å². The zero-order valence-electron chi connectivity index (χ0n) is 10.1. The molecule has 0 amide bonds. The second-order valence-corrected chi connectivity index (χ2v) is 6.41. The SMILES string of the molecule is O=S(=O)(NC(CBr)Cc1ccccc1)c1ccn[nH]1. The Labute approximate surface area is 120 Å². The first-order valence-corrected chi connectivity index (χ1v) is 8.34. The Morgan fingerprint density at radius 1 is 1.26 bits per heavy atom. The number of nitrogens with one attached hydrogen (secondary N) is 2. The average Bonchev–Trinajstić information content (AvgIpc) is 2.93. The molecular weight excluding hydrogens is 330 g/mol. The van der Waals surface area contributed by atoms with Crippen LogP contribution in [0.3, 0.4) is 0 Å². The van der Waals surface area contributed by atoms with Crippen LogP contribution >= 0.6 is 15.9 Å². The van der Waals surface area contributed by atoms with Crippen LogP contribution in [0.4, 0.5) is 0 Å². The molecule has 0 bridgehead atoms. The smallest absolute Gasteiger partial charge is 0.257 e. The van der Waals surface area contributed by atoms with E-state index in [-0.39, 0.29) is 11.1 Å². The van der Waals surface area contributed by atoms with Crippen LogP contribution in [0.15, 0.2) is 47.6 Å². The minimum absolute atomic E-state index is 0.0755. The monoisotopic (exact) mass is 343 g/mol. The molecule has 1 atom stereocenters. The molecule has 0 spiro atoms. The Kier molecular flexibility index (Phi) is 4.73. The molecule has 0 aliphatic rings. The van der Waals surface area contributed by atoms with E-state index in [1.54, 1.807) is 0 Å². The van der Waals surface area contributed by atoms with Crippen molar-refractivity contribution in [2.75, 3.05) is 5.33 Å². The van der Waals surface area contributed by atoms with E-state index in [2.05, 4.69) is 30.8 Å². The van der Waals surface area contributed by atoms with Gasteiger partial charge in [0.1, 0.15) is 0 Å². The van der Waals surface area contributed by atoms with Crippen LogP contribution < -0.4 is 4.72 Å². The molecule has 1 heterocycles. The van der Waals surface area contributed by atoms with Gasteiger partial charge in [-0.3, -0.25) is 5.10 Å². The van der Waals surface area contributed by atoms with Gasteiger partial charge in [-0.05, 0) is 18.1 Å². The lowest BCUT2D eigenvalue weighted by atomic mass is 10.1. The first kappa shape index (κ1) is 14.2. The fraction of sp³-hybridized carbons (Fsp3) is 0.250. The number of hydrogen-bond donors (Lipinski definition) is 2. The number of H-pyrrole nitrogens is 1. The van der Waals surface area contributed by atoms with Gasteiger partial charge in [-0.2, -0.15) is 5.10 Å². The van der Waals surface area contributed by atoms with Crippen molar-refractivity contribution >= 4 is 26.0 Å². The summed E-state index contributed by atoms with van der Waals surface area (Å²) in [5.74, 6) is 0. The summed E-state index contributed by atoms with van der Waals surface area (Å²) < 4.78 is 26.7. The highest BCUT2D eigenvalue weighted by Gasteiger charge is 2.20. The maximum absolute atomic E-state index is 12.0. The van der Waals surface area contributed by atoms with Crippen LogP contribution in [0.25, 0.3) is 0 Å². The molecule has 102 valence electrons. The number of sulfonamides is 1. The summed E-state index contributed by atoms with van der Waals surface area (Å²) in [5.41, 5.74) is 1.08. The Hall–Kier alpha value is -1.18. The van der Waals surface area contributed by atoms with Gasteiger partial charge in [0.25, 0.3) is 10.0 Å². The summed E-state index contributed by atoms with van der Waals surface area (Å²) in [6.45, 7) is 0. The quantitative estimate of drug-likeness (QED) is 0.783. The summed E-state index contributed by atoms with van der Waals surface area (Å²) in [6.07, 6.45) is 2.04. The minimum Gasteiger partial charge on any atom is -0.266 e. The van der Waals surface area contributed by atoms with Crippen molar-refractivity contribution in [3.8, 4) is 0 Å². The summed E-state index contributed by atoms with van der Waals surface area (Å²) in [5, 5.41) is 6.72. The first-order chi connectivity index (χ1) is 9.12. The maximum atomic E-state index is 12.0. The zero-order valence-corrected chi connectivity index (χ0v) is 12.5. The van der Waals surface area contributed by atoms with Crippen molar-refractivity contribution in [1.82, 2.24) is 14.9 Å². The topological polar surface area (TPSA) is 74.8 Å². The van der Waals surface area contributed by atoms with Crippen molar-refractivity contribution in [3.05, 3.63) is 48.2 Å². The van der Waals surface area contributed by atoms with Crippen molar-refractivity contribution in [2.24, 2.45) is 0 Å². The van der Waals surface area contributed by atoms with Crippen LogP contribution in [-0.4, -0.2) is 30.0 Å². The van der Waals surface area contributed by atoms with Gasteiger partial charge >= 0.3 is 0 Å². The molecule has 1 aromatic carbocycles. The third kappa shape index (κ3) is 3.89. The van der Waals surface area contributed by atoms with Crippen LogP contribution in [0, 0.1) is 0 Å². The molecule has 0 aliphatic carbocycles. The van der Waals surface area contributed by atoms with E-state index in [1.807, 2.05) is 30.3 Å². The lowest BCUT2D eigenvalue weighted by molar-refractivity contribution is 0.558. The zero-order chi connectivity index (χ0) is 13.7. The summed E-state index contributed by atoms with van der Waals surface area (Å²) in [4.78, 5) is 0. The highest BCUT2D eigenvalue weighted by Crippen LogP contribution is 2.09. The van der Waals surface area contributed by atoms with Crippen LogP contribution in [-0.2, 0) is 16.4 Å². The number of hydrogen-bond acceptors (Lipinski definition) is 3. The lowest BCUT2D eigenvalue weighted by Crippen LogP contribution is -2.37. The fourth-order valence-electron chi connectivity index (χ4n) is 1.70. The van der Waals surface area contributed by atoms with Crippen LogP contribution in [0.2, 0.25) is 0 Å². The first-order valence-electron chi connectivity index (χ1n) is 5.73. The molecule has 0 saturated heterocycles. The third-order valence-electron chi connectivity index (χ3n) is 2.60. The predicted octanol–water partition coefficient (Wildman–Crippen LogP) is 1.69. The van der Waals surface area contributed by atoms with E-state index < -0.39 is 10.0 Å². The highest BCUT2D eigenvalue weighted by atomic mass is 79.9. The van der Waals surface area contributed by atoms with E-state index in [1.165, 1.54) is 12.3 Å². The van der Waals surface area contributed by atoms with Crippen molar-refractivity contribution in [2.45, 2.75) is 17.5 Å². The maximum Gasteiger partial charge on any atom is 0.257 e. The second-order valence-electron chi connectivity index (χ2n) is 4.08. The molecule has 1 unspecified atom stereocenters. The van der Waals surface area contributed by atoms with E-state index in [0.717, 1.165) is 5.56 Å². The summed E-state index contributed by atoms with van der Waals surface area (Å²) in [7, 11) is -3.55. The number of alkyl halides is 1. The number of rotatable bonds is 6. The second kappa shape index (κ2) is 6.31. The Bertz CT molecular complexity index is 599. The van der Waals surface area contributed by atoms with Gasteiger partial charge < -0.3 is 0 Å². The Morgan fingerprint density at radius 2 is 2.00 bits per heavy atom. The molecule has 0 fully saturated rings. The molecule has 7 heteroatoms. The molecule has 5 nitrogen and oxygen atoms in total. The molecule has 19 heavy (non-hydrogen) atoms.